The maximum atomic E-state index is 4.66. The molecule has 270 valence electrons. The first-order chi connectivity index (χ1) is 25.5. The summed E-state index contributed by atoms with van der Waals surface area (Å²) >= 11 is 0. The van der Waals surface area contributed by atoms with E-state index in [1.54, 1.807) is 0 Å². The van der Waals surface area contributed by atoms with Gasteiger partial charge >= 0.3 is 0 Å². The number of aryl methyl sites for hydroxylation is 5. The van der Waals surface area contributed by atoms with Crippen molar-refractivity contribution >= 4 is 33.2 Å². The lowest BCUT2D eigenvalue weighted by Gasteiger charge is -2.10. The Labute approximate surface area is 317 Å². The minimum Gasteiger partial charge on any atom is -0.250 e. The van der Waals surface area contributed by atoms with Gasteiger partial charge in [0.15, 0.2) is 0 Å². The summed E-state index contributed by atoms with van der Waals surface area (Å²) in [5.74, 6) is 0. The van der Waals surface area contributed by atoms with Crippen LogP contribution in [-0.2, 0) is 6.42 Å². The molecule has 0 spiro atoms. The van der Waals surface area contributed by atoms with Crippen molar-refractivity contribution in [3.8, 4) is 11.1 Å². The predicted octanol–water partition coefficient (Wildman–Crippen LogP) is 13.2. The molecule has 0 saturated carbocycles. The summed E-state index contributed by atoms with van der Waals surface area (Å²) in [7, 11) is 0. The zero-order chi connectivity index (χ0) is 38.7. The maximum Gasteiger partial charge on any atom is 0.0896 e. The average Bonchev–Trinajstić information content (AvgIpc) is 3.18. The van der Waals surface area contributed by atoms with E-state index in [0.717, 1.165) is 90.2 Å². The van der Waals surface area contributed by atoms with E-state index in [1.165, 1.54) is 16.7 Å². The molecule has 0 aliphatic heterocycles. The minimum atomic E-state index is 0.918. The normalized spacial score (nSPS) is 10.3. The molecular formula is C49H54N4. The third-order valence-corrected chi connectivity index (χ3v) is 9.02. The maximum absolute atomic E-state index is 4.66. The van der Waals surface area contributed by atoms with Crippen molar-refractivity contribution in [2.75, 3.05) is 0 Å². The van der Waals surface area contributed by atoms with Gasteiger partial charge in [0.05, 0.1) is 44.8 Å². The Kier molecular flexibility index (Phi) is 14.1. The molecule has 7 aromatic rings. The number of allylic oxidation sites excluding steroid dienone is 1. The highest BCUT2D eigenvalue weighted by Crippen LogP contribution is 2.27. The van der Waals surface area contributed by atoms with Crippen LogP contribution in [0.1, 0.15) is 90.8 Å². The number of aromatic nitrogens is 4. The third-order valence-electron chi connectivity index (χ3n) is 9.02. The summed E-state index contributed by atoms with van der Waals surface area (Å²) in [6.45, 7) is 28.4. The van der Waals surface area contributed by atoms with E-state index in [4.69, 9.17) is 0 Å². The molecular weight excluding hydrogens is 645 g/mol. The Morgan fingerprint density at radius 1 is 0.453 bits per heavy atom. The Morgan fingerprint density at radius 3 is 1.32 bits per heavy atom. The average molecular weight is 699 g/mol. The summed E-state index contributed by atoms with van der Waals surface area (Å²) in [6, 6.07) is 38.3. The number of hydrogen-bond acceptors (Lipinski definition) is 4. The fourth-order valence-corrected chi connectivity index (χ4v) is 5.72. The number of rotatable bonds is 6. The van der Waals surface area contributed by atoms with Crippen LogP contribution in [0.2, 0.25) is 0 Å². The summed E-state index contributed by atoms with van der Waals surface area (Å²) < 4.78 is 0. The molecule has 0 bridgehead atoms. The fourth-order valence-electron chi connectivity index (χ4n) is 5.72. The number of benzene rings is 5. The Balaban J connectivity index is 0.000000217. The van der Waals surface area contributed by atoms with E-state index in [9.17, 15) is 0 Å². The van der Waals surface area contributed by atoms with Gasteiger partial charge in [-0.05, 0) is 123 Å². The van der Waals surface area contributed by atoms with Crippen LogP contribution in [0.25, 0.3) is 44.3 Å². The fraction of sp³-hybridized carbons (Fsp3) is 0.224. The molecule has 0 aliphatic rings. The second-order valence-electron chi connectivity index (χ2n) is 12.9. The Hall–Kier alpha value is -5.74. The second kappa shape index (κ2) is 18.7. The lowest BCUT2D eigenvalue weighted by atomic mass is 9.95. The van der Waals surface area contributed by atoms with E-state index in [-0.39, 0.29) is 0 Å². The molecule has 0 fully saturated rings. The van der Waals surface area contributed by atoms with Crippen molar-refractivity contribution in [1.82, 2.24) is 19.9 Å². The Morgan fingerprint density at radius 2 is 0.868 bits per heavy atom. The molecule has 0 unspecified atom stereocenters. The molecule has 0 aliphatic carbocycles. The van der Waals surface area contributed by atoms with Gasteiger partial charge in [0, 0.05) is 0 Å². The first kappa shape index (κ1) is 40.0. The van der Waals surface area contributed by atoms with Crippen molar-refractivity contribution in [3.63, 3.8) is 0 Å². The van der Waals surface area contributed by atoms with Gasteiger partial charge in [-0.25, -0.2) is 19.9 Å². The first-order valence-electron chi connectivity index (χ1n) is 18.6. The molecule has 0 radical (unpaired) electrons. The highest BCUT2D eigenvalue weighted by atomic mass is 14.8. The van der Waals surface area contributed by atoms with Gasteiger partial charge in [0.2, 0.25) is 0 Å². The summed E-state index contributed by atoms with van der Waals surface area (Å²) in [5.41, 5.74) is 19.3. The molecule has 5 aromatic carbocycles. The number of hydrogen-bond donors (Lipinski definition) is 0. The molecule has 4 heteroatoms. The van der Waals surface area contributed by atoms with Crippen LogP contribution in [0.3, 0.4) is 0 Å². The van der Waals surface area contributed by atoms with Gasteiger partial charge in [0.1, 0.15) is 0 Å². The molecule has 0 amide bonds. The monoisotopic (exact) mass is 698 g/mol. The van der Waals surface area contributed by atoms with Crippen LogP contribution in [-0.4, -0.2) is 19.9 Å². The quantitative estimate of drug-likeness (QED) is 0.173. The summed E-state index contributed by atoms with van der Waals surface area (Å²) in [5, 5.41) is 0. The second-order valence-corrected chi connectivity index (χ2v) is 12.9. The van der Waals surface area contributed by atoms with Crippen molar-refractivity contribution in [2.45, 2.75) is 75.7 Å². The van der Waals surface area contributed by atoms with Crippen LogP contribution < -0.4 is 0 Å². The lowest BCUT2D eigenvalue weighted by molar-refractivity contribution is 1.10. The highest BCUT2D eigenvalue weighted by Gasteiger charge is 2.08. The molecule has 4 nitrogen and oxygen atoms in total. The van der Waals surface area contributed by atoms with Gasteiger partial charge in [-0.15, -0.1) is 0 Å². The third kappa shape index (κ3) is 10.2. The lowest BCUT2D eigenvalue weighted by Crippen LogP contribution is -1.94. The van der Waals surface area contributed by atoms with Gasteiger partial charge in [-0.1, -0.05) is 131 Å². The minimum absolute atomic E-state index is 0.918. The molecule has 0 saturated heterocycles. The smallest absolute Gasteiger partial charge is 0.0896 e. The van der Waals surface area contributed by atoms with Crippen molar-refractivity contribution in [3.05, 3.63) is 179 Å². The first-order valence-corrected chi connectivity index (χ1v) is 18.6. The summed E-state index contributed by atoms with van der Waals surface area (Å²) in [4.78, 5) is 18.5. The molecule has 2 aromatic heterocycles. The largest absolute Gasteiger partial charge is 0.250 e. The van der Waals surface area contributed by atoms with Crippen LogP contribution in [0.4, 0.5) is 0 Å². The molecule has 7 rings (SSSR count). The van der Waals surface area contributed by atoms with Crippen LogP contribution in [0.5, 0.6) is 0 Å². The topological polar surface area (TPSA) is 51.6 Å². The molecule has 53 heavy (non-hydrogen) atoms. The van der Waals surface area contributed by atoms with Crippen LogP contribution in [0, 0.1) is 34.6 Å². The van der Waals surface area contributed by atoms with Gasteiger partial charge in [-0.2, -0.15) is 0 Å². The Bertz CT molecular complexity index is 2240. The van der Waals surface area contributed by atoms with Gasteiger partial charge in [-0.3, -0.25) is 0 Å². The van der Waals surface area contributed by atoms with E-state index in [2.05, 4.69) is 137 Å². The van der Waals surface area contributed by atoms with Crippen molar-refractivity contribution in [1.29, 1.82) is 0 Å². The summed E-state index contributed by atoms with van der Waals surface area (Å²) in [6.07, 6.45) is 0.957. The molecule has 0 N–H and O–H groups in total. The highest BCUT2D eigenvalue weighted by molar-refractivity contribution is 5.86. The van der Waals surface area contributed by atoms with Crippen molar-refractivity contribution < 1.29 is 0 Å². The number of fused-ring (bicyclic) bond motifs is 2. The van der Waals surface area contributed by atoms with Gasteiger partial charge < -0.3 is 0 Å². The number of nitrogens with zero attached hydrogens (tertiary/aromatic N) is 4. The molecule has 2 heterocycles. The zero-order valence-corrected chi connectivity index (χ0v) is 33.3. The van der Waals surface area contributed by atoms with E-state index < -0.39 is 0 Å². The van der Waals surface area contributed by atoms with E-state index in [0.29, 0.717) is 0 Å². The van der Waals surface area contributed by atoms with Crippen molar-refractivity contribution in [2.24, 2.45) is 0 Å². The van der Waals surface area contributed by atoms with Crippen LogP contribution in [0.15, 0.2) is 122 Å². The van der Waals surface area contributed by atoms with Gasteiger partial charge in [0.25, 0.3) is 0 Å². The molecule has 0 atom stereocenters. The van der Waals surface area contributed by atoms with E-state index >= 15 is 0 Å². The van der Waals surface area contributed by atoms with E-state index in [1.807, 2.05) is 74.4 Å². The SMILES string of the molecule is C=C(C)c1cccc(C(=C)c2ccc(Cc3ccc(C)cc3)cc2)c1.CC.CC.Cc1nc2ccc(-c3ccc4nc(C)c(C)nc4c3)cc2nc1C. The predicted molar refractivity (Wildman–Crippen MR) is 229 cm³/mol. The van der Waals surface area contributed by atoms with Crippen LogP contribution >= 0.6 is 0 Å². The zero-order valence-electron chi connectivity index (χ0n) is 33.3. The standard InChI is InChI=1S/C25H24.C20H18N4.2C2H6/c1-18(2)24-6-5-7-25(17-24)20(4)23-14-12-22(13-15-23)16-21-10-8-19(3)9-11-21;1-11-13(3)23-19-9-15(5-7-17(19)21-11)16-6-8-18-20(10-16)24-14(4)12(2)22-18;2*1-2/h5-15,17H,1,4,16H2,2-3H3;5-10H,1-4H3;2*1-2H3.